The molecule has 0 amide bonds. The van der Waals surface area contributed by atoms with Crippen LogP contribution in [0.25, 0.3) is 0 Å². The van der Waals surface area contributed by atoms with E-state index in [0.717, 1.165) is 5.56 Å². The summed E-state index contributed by atoms with van der Waals surface area (Å²) in [6.07, 6.45) is 1.42. The minimum atomic E-state index is -0.708. The summed E-state index contributed by atoms with van der Waals surface area (Å²) in [6, 6.07) is 14.6. The van der Waals surface area contributed by atoms with Gasteiger partial charge in [0.05, 0.1) is 19.8 Å². The molecule has 2 aromatic rings. The summed E-state index contributed by atoms with van der Waals surface area (Å²) in [7, 11) is 6.12. The lowest BCUT2D eigenvalue weighted by molar-refractivity contribution is -0.135. The number of ketones is 1. The van der Waals surface area contributed by atoms with Crippen molar-refractivity contribution in [2.45, 2.75) is 6.61 Å². The first-order valence-corrected chi connectivity index (χ1v) is 8.32. The molecule has 0 aliphatic heterocycles. The van der Waals surface area contributed by atoms with E-state index >= 15 is 0 Å². The summed E-state index contributed by atoms with van der Waals surface area (Å²) < 4.78 is 15.8. The van der Waals surface area contributed by atoms with Gasteiger partial charge in [0.15, 0.2) is 0 Å². The first kappa shape index (κ1) is 20.0. The summed E-state index contributed by atoms with van der Waals surface area (Å²) in [5.41, 5.74) is 1.19. The van der Waals surface area contributed by atoms with Gasteiger partial charge in [-0.3, -0.25) is 4.79 Å². The summed E-state index contributed by atoms with van der Waals surface area (Å²) >= 11 is 0. The molecular weight excluding hydrogens is 346 g/mol. The molecule has 2 rings (SSSR count). The predicted octanol–water partition coefficient (Wildman–Crippen LogP) is 3.08. The third-order valence-electron chi connectivity index (χ3n) is 3.70. The van der Waals surface area contributed by atoms with Gasteiger partial charge in [-0.15, -0.1) is 0 Å². The fourth-order valence-electron chi connectivity index (χ4n) is 2.41. The first-order valence-electron chi connectivity index (χ1n) is 8.32. The zero-order chi connectivity index (χ0) is 19.8. The van der Waals surface area contributed by atoms with Crippen molar-refractivity contribution in [3.05, 3.63) is 71.4 Å². The Morgan fingerprint density at radius 1 is 1.04 bits per heavy atom. The van der Waals surface area contributed by atoms with Crippen LogP contribution in [-0.4, -0.2) is 45.0 Å². The summed E-state index contributed by atoms with van der Waals surface area (Å²) in [4.78, 5) is 26.4. The van der Waals surface area contributed by atoms with Gasteiger partial charge in [0.2, 0.25) is 5.78 Å². The number of carbonyl (C=O) groups excluding carboxylic acids is 2. The molecule has 2 aromatic carbocycles. The topological polar surface area (TPSA) is 65.1 Å². The lowest BCUT2D eigenvalue weighted by atomic mass is 10.0. The third-order valence-corrected chi connectivity index (χ3v) is 3.70. The molecule has 27 heavy (non-hydrogen) atoms. The van der Waals surface area contributed by atoms with E-state index in [0.29, 0.717) is 18.1 Å². The Kier molecular flexibility index (Phi) is 7.00. The van der Waals surface area contributed by atoms with E-state index in [4.69, 9.17) is 14.2 Å². The van der Waals surface area contributed by atoms with Crippen LogP contribution in [0.15, 0.2) is 60.3 Å². The standard InChI is InChI=1S/C21H23NO5/c1-22(2)13-18(21(24)26-4)20(23)17-11-10-16(12-19(17)25-3)27-14-15-8-6-5-7-9-15/h5-13H,14H2,1-4H3. The fraction of sp³-hybridized carbons (Fsp3) is 0.238. The van der Waals surface area contributed by atoms with Crippen molar-refractivity contribution in [1.29, 1.82) is 0 Å². The zero-order valence-corrected chi connectivity index (χ0v) is 15.9. The average molecular weight is 369 g/mol. The van der Waals surface area contributed by atoms with Crippen LogP contribution in [0.3, 0.4) is 0 Å². The Bertz CT molecular complexity index is 828. The van der Waals surface area contributed by atoms with E-state index in [2.05, 4.69) is 0 Å². The Morgan fingerprint density at radius 3 is 2.33 bits per heavy atom. The Balaban J connectivity index is 2.26. The van der Waals surface area contributed by atoms with Gasteiger partial charge in [-0.05, 0) is 17.7 Å². The second-order valence-corrected chi connectivity index (χ2v) is 5.96. The molecule has 0 heterocycles. The molecular formula is C21H23NO5. The van der Waals surface area contributed by atoms with Gasteiger partial charge in [0, 0.05) is 26.4 Å². The number of nitrogens with zero attached hydrogens (tertiary/aromatic N) is 1. The van der Waals surface area contributed by atoms with E-state index in [1.165, 1.54) is 20.4 Å². The number of benzene rings is 2. The van der Waals surface area contributed by atoms with Crippen LogP contribution < -0.4 is 9.47 Å². The van der Waals surface area contributed by atoms with E-state index in [1.807, 2.05) is 30.3 Å². The van der Waals surface area contributed by atoms with Crippen LogP contribution in [0, 0.1) is 0 Å². The third kappa shape index (κ3) is 5.34. The van der Waals surface area contributed by atoms with E-state index < -0.39 is 11.8 Å². The van der Waals surface area contributed by atoms with Crippen LogP contribution in [-0.2, 0) is 16.1 Å². The van der Waals surface area contributed by atoms with Crippen molar-refractivity contribution in [3.63, 3.8) is 0 Å². The molecule has 0 radical (unpaired) electrons. The van der Waals surface area contributed by atoms with Gasteiger partial charge in [-0.1, -0.05) is 30.3 Å². The Labute approximate surface area is 159 Å². The monoisotopic (exact) mass is 369 g/mol. The van der Waals surface area contributed by atoms with Crippen molar-refractivity contribution < 1.29 is 23.8 Å². The highest BCUT2D eigenvalue weighted by molar-refractivity contribution is 6.25. The molecule has 0 fully saturated rings. The lowest BCUT2D eigenvalue weighted by Crippen LogP contribution is -2.19. The normalized spacial score (nSPS) is 10.9. The molecule has 0 bridgehead atoms. The average Bonchev–Trinajstić information content (AvgIpc) is 2.69. The van der Waals surface area contributed by atoms with E-state index in [1.54, 1.807) is 37.2 Å². The molecule has 6 nitrogen and oxygen atoms in total. The molecule has 0 aromatic heterocycles. The van der Waals surface area contributed by atoms with Crippen molar-refractivity contribution in [2.75, 3.05) is 28.3 Å². The minimum absolute atomic E-state index is 0.0845. The summed E-state index contributed by atoms with van der Waals surface area (Å²) in [5, 5.41) is 0. The Hall–Kier alpha value is -3.28. The number of hydrogen-bond acceptors (Lipinski definition) is 6. The zero-order valence-electron chi connectivity index (χ0n) is 15.9. The molecule has 142 valence electrons. The first-order chi connectivity index (χ1) is 13.0. The van der Waals surface area contributed by atoms with Gasteiger partial charge < -0.3 is 19.1 Å². The van der Waals surface area contributed by atoms with E-state index in [9.17, 15) is 9.59 Å². The van der Waals surface area contributed by atoms with Crippen molar-refractivity contribution in [2.24, 2.45) is 0 Å². The van der Waals surface area contributed by atoms with Gasteiger partial charge >= 0.3 is 5.97 Å². The van der Waals surface area contributed by atoms with Crippen LogP contribution >= 0.6 is 0 Å². The molecule has 0 spiro atoms. The largest absolute Gasteiger partial charge is 0.496 e. The van der Waals surface area contributed by atoms with Gasteiger partial charge in [0.1, 0.15) is 23.7 Å². The number of esters is 1. The highest BCUT2D eigenvalue weighted by Gasteiger charge is 2.24. The quantitative estimate of drug-likeness (QED) is 0.234. The number of ether oxygens (including phenoxy) is 3. The van der Waals surface area contributed by atoms with Crippen molar-refractivity contribution in [3.8, 4) is 11.5 Å². The Morgan fingerprint density at radius 2 is 1.74 bits per heavy atom. The molecule has 0 atom stereocenters. The number of Topliss-reactive ketones (excluding diaryl/α,β-unsaturated/α-hetero) is 1. The summed E-state index contributed by atoms with van der Waals surface area (Å²) in [6.45, 7) is 0.394. The van der Waals surface area contributed by atoms with Gasteiger partial charge in [-0.2, -0.15) is 0 Å². The van der Waals surface area contributed by atoms with Crippen LogP contribution in [0.5, 0.6) is 11.5 Å². The number of methoxy groups -OCH3 is 2. The van der Waals surface area contributed by atoms with Gasteiger partial charge in [0.25, 0.3) is 0 Å². The predicted molar refractivity (Wildman–Crippen MR) is 102 cm³/mol. The molecule has 0 aliphatic rings. The second kappa shape index (κ2) is 9.43. The summed E-state index contributed by atoms with van der Waals surface area (Å²) in [5.74, 6) is -0.315. The minimum Gasteiger partial charge on any atom is -0.496 e. The van der Waals surface area contributed by atoms with Crippen LogP contribution in [0.2, 0.25) is 0 Å². The van der Waals surface area contributed by atoms with Crippen LogP contribution in [0.1, 0.15) is 15.9 Å². The molecule has 0 N–H and O–H groups in total. The fourth-order valence-corrected chi connectivity index (χ4v) is 2.41. The number of carbonyl (C=O) groups is 2. The van der Waals surface area contributed by atoms with Crippen molar-refractivity contribution >= 4 is 11.8 Å². The maximum atomic E-state index is 12.8. The second-order valence-electron chi connectivity index (χ2n) is 5.96. The SMILES string of the molecule is COC(=O)C(=CN(C)C)C(=O)c1ccc(OCc2ccccc2)cc1OC. The van der Waals surface area contributed by atoms with Crippen LogP contribution in [0.4, 0.5) is 0 Å². The molecule has 0 saturated carbocycles. The molecule has 0 aliphatic carbocycles. The smallest absolute Gasteiger partial charge is 0.343 e. The highest BCUT2D eigenvalue weighted by Crippen LogP contribution is 2.27. The molecule has 0 unspecified atom stereocenters. The van der Waals surface area contributed by atoms with Gasteiger partial charge in [-0.25, -0.2) is 4.79 Å². The number of rotatable bonds is 8. The molecule has 6 heteroatoms. The lowest BCUT2D eigenvalue weighted by Gasteiger charge is -2.13. The highest BCUT2D eigenvalue weighted by atomic mass is 16.5. The maximum Gasteiger partial charge on any atom is 0.343 e. The van der Waals surface area contributed by atoms with E-state index in [-0.39, 0.29) is 11.1 Å². The maximum absolute atomic E-state index is 12.8. The molecule has 0 saturated heterocycles. The number of hydrogen-bond donors (Lipinski definition) is 0. The van der Waals surface area contributed by atoms with Crippen molar-refractivity contribution in [1.82, 2.24) is 4.90 Å².